The molecule has 18 heavy (non-hydrogen) atoms. The molecule has 1 heterocycles. The Morgan fingerprint density at radius 2 is 2.17 bits per heavy atom. The van der Waals surface area contributed by atoms with E-state index in [2.05, 4.69) is 15.6 Å². The van der Waals surface area contributed by atoms with Crippen LogP contribution in [0.25, 0.3) is 0 Å². The van der Waals surface area contributed by atoms with Crippen LogP contribution in [-0.4, -0.2) is 16.1 Å². The Labute approximate surface area is 114 Å². The van der Waals surface area contributed by atoms with Gasteiger partial charge in [0.05, 0.1) is 6.20 Å². The number of aryl methyl sites for hydroxylation is 1. The first kappa shape index (κ1) is 13.3. The zero-order valence-corrected chi connectivity index (χ0v) is 11.8. The highest BCUT2D eigenvalue weighted by Gasteiger charge is 2.16. The second-order valence-electron chi connectivity index (χ2n) is 4.98. The van der Waals surface area contributed by atoms with E-state index in [9.17, 15) is 0 Å². The summed E-state index contributed by atoms with van der Waals surface area (Å²) in [6, 6.07) is 0.527. The van der Waals surface area contributed by atoms with Gasteiger partial charge in [-0.3, -0.25) is 0 Å². The Bertz CT molecular complexity index is 399. The fourth-order valence-electron chi connectivity index (χ4n) is 2.30. The standard InChI is InChI=1S/C13H21N3OS/c1-9-8-14-12(17-9)10(2)15-13(18)16-11-6-4-3-5-7-11/h8,10-11H,3-7H2,1-2H3,(H2,15,16,18). The first-order valence-corrected chi connectivity index (χ1v) is 7.05. The lowest BCUT2D eigenvalue weighted by molar-refractivity contribution is 0.403. The van der Waals surface area contributed by atoms with Gasteiger partial charge < -0.3 is 15.1 Å². The van der Waals surface area contributed by atoms with Crippen LogP contribution in [0, 0.1) is 6.92 Å². The fraction of sp³-hybridized carbons (Fsp3) is 0.692. The lowest BCUT2D eigenvalue weighted by Gasteiger charge is -2.25. The van der Waals surface area contributed by atoms with Gasteiger partial charge in [0, 0.05) is 6.04 Å². The summed E-state index contributed by atoms with van der Waals surface area (Å²) < 4.78 is 5.48. The molecular formula is C13H21N3OS. The van der Waals surface area contributed by atoms with Crippen LogP contribution in [0.3, 0.4) is 0 Å². The van der Waals surface area contributed by atoms with Crippen LogP contribution >= 0.6 is 12.2 Å². The minimum atomic E-state index is 0.00212. The van der Waals surface area contributed by atoms with Gasteiger partial charge in [0.2, 0.25) is 5.89 Å². The zero-order chi connectivity index (χ0) is 13.0. The molecule has 5 heteroatoms. The molecule has 0 spiro atoms. The summed E-state index contributed by atoms with van der Waals surface area (Å²) in [4.78, 5) is 4.20. The third-order valence-electron chi connectivity index (χ3n) is 3.30. The van der Waals surface area contributed by atoms with Crippen molar-refractivity contribution >= 4 is 17.3 Å². The normalized spacial score (nSPS) is 18.3. The van der Waals surface area contributed by atoms with Crippen molar-refractivity contribution in [3.63, 3.8) is 0 Å². The van der Waals surface area contributed by atoms with Crippen molar-refractivity contribution in [3.05, 3.63) is 17.8 Å². The van der Waals surface area contributed by atoms with E-state index >= 15 is 0 Å². The molecule has 1 aliphatic rings. The van der Waals surface area contributed by atoms with Gasteiger partial charge in [0.1, 0.15) is 11.8 Å². The van der Waals surface area contributed by atoms with E-state index in [-0.39, 0.29) is 6.04 Å². The van der Waals surface area contributed by atoms with Crippen LogP contribution in [0.15, 0.2) is 10.6 Å². The van der Waals surface area contributed by atoms with Crippen LogP contribution in [0.2, 0.25) is 0 Å². The van der Waals surface area contributed by atoms with E-state index in [1.165, 1.54) is 32.1 Å². The van der Waals surface area contributed by atoms with Crippen molar-refractivity contribution in [1.82, 2.24) is 15.6 Å². The Hall–Kier alpha value is -1.10. The number of rotatable bonds is 3. The molecule has 0 radical (unpaired) electrons. The van der Waals surface area contributed by atoms with E-state index < -0.39 is 0 Å². The van der Waals surface area contributed by atoms with E-state index in [1.54, 1.807) is 6.20 Å². The van der Waals surface area contributed by atoms with Gasteiger partial charge in [-0.25, -0.2) is 4.98 Å². The topological polar surface area (TPSA) is 50.1 Å². The molecule has 2 N–H and O–H groups in total. The largest absolute Gasteiger partial charge is 0.444 e. The molecular weight excluding hydrogens is 246 g/mol. The van der Waals surface area contributed by atoms with Crippen molar-refractivity contribution in [2.75, 3.05) is 0 Å². The van der Waals surface area contributed by atoms with E-state index in [0.29, 0.717) is 17.0 Å². The van der Waals surface area contributed by atoms with E-state index in [0.717, 1.165) is 5.76 Å². The van der Waals surface area contributed by atoms with Crippen LogP contribution in [0.1, 0.15) is 56.7 Å². The summed E-state index contributed by atoms with van der Waals surface area (Å²) in [6.07, 6.45) is 8.11. The average molecular weight is 267 g/mol. The maximum atomic E-state index is 5.48. The molecule has 1 aromatic heterocycles. The Morgan fingerprint density at radius 3 is 2.78 bits per heavy atom. The third-order valence-corrected chi connectivity index (χ3v) is 3.53. The predicted octanol–water partition coefficient (Wildman–Crippen LogP) is 2.84. The highest BCUT2D eigenvalue weighted by Crippen LogP contribution is 2.17. The zero-order valence-electron chi connectivity index (χ0n) is 11.0. The minimum absolute atomic E-state index is 0.00212. The first-order valence-electron chi connectivity index (χ1n) is 6.64. The van der Waals surface area contributed by atoms with Crippen molar-refractivity contribution in [2.45, 2.75) is 58.0 Å². The summed E-state index contributed by atoms with van der Waals surface area (Å²) >= 11 is 5.33. The number of hydrogen-bond acceptors (Lipinski definition) is 3. The van der Waals surface area contributed by atoms with Crippen molar-refractivity contribution in [2.24, 2.45) is 0 Å². The smallest absolute Gasteiger partial charge is 0.216 e. The number of aromatic nitrogens is 1. The quantitative estimate of drug-likeness (QED) is 0.825. The fourth-order valence-corrected chi connectivity index (χ4v) is 2.65. The summed E-state index contributed by atoms with van der Waals surface area (Å²) in [5.41, 5.74) is 0. The number of thiocarbonyl (C=S) groups is 1. The molecule has 100 valence electrons. The van der Waals surface area contributed by atoms with Crippen LogP contribution in [0.4, 0.5) is 0 Å². The molecule has 0 aromatic carbocycles. The Balaban J connectivity index is 1.79. The van der Waals surface area contributed by atoms with Gasteiger partial charge in [-0.15, -0.1) is 0 Å². The number of nitrogens with one attached hydrogen (secondary N) is 2. The summed E-state index contributed by atoms with van der Waals surface area (Å²) in [7, 11) is 0. The Kier molecular flexibility index (Phi) is 4.58. The molecule has 1 unspecified atom stereocenters. The summed E-state index contributed by atoms with van der Waals surface area (Å²) in [6.45, 7) is 3.89. The van der Waals surface area contributed by atoms with E-state index in [1.807, 2.05) is 13.8 Å². The molecule has 1 aliphatic carbocycles. The predicted molar refractivity (Wildman–Crippen MR) is 75.4 cm³/mol. The maximum absolute atomic E-state index is 5.48. The van der Waals surface area contributed by atoms with Crippen LogP contribution < -0.4 is 10.6 Å². The Morgan fingerprint density at radius 1 is 1.44 bits per heavy atom. The monoisotopic (exact) mass is 267 g/mol. The maximum Gasteiger partial charge on any atom is 0.216 e. The third kappa shape index (κ3) is 3.70. The second-order valence-corrected chi connectivity index (χ2v) is 5.39. The van der Waals surface area contributed by atoms with E-state index in [4.69, 9.17) is 16.6 Å². The molecule has 1 aromatic rings. The summed E-state index contributed by atoms with van der Waals surface area (Å²) in [5, 5.41) is 7.30. The molecule has 0 aliphatic heterocycles. The van der Waals surface area contributed by atoms with Crippen molar-refractivity contribution in [3.8, 4) is 0 Å². The second kappa shape index (κ2) is 6.18. The van der Waals surface area contributed by atoms with Gasteiger partial charge >= 0.3 is 0 Å². The molecule has 0 amide bonds. The van der Waals surface area contributed by atoms with Gasteiger partial charge in [0.15, 0.2) is 5.11 Å². The molecule has 1 atom stereocenters. The lowest BCUT2D eigenvalue weighted by atomic mass is 9.96. The SMILES string of the molecule is Cc1cnc(C(C)NC(=S)NC2CCCCC2)o1. The molecule has 1 saturated carbocycles. The number of oxazole rings is 1. The lowest BCUT2D eigenvalue weighted by Crippen LogP contribution is -2.43. The van der Waals surface area contributed by atoms with Crippen molar-refractivity contribution in [1.29, 1.82) is 0 Å². The summed E-state index contributed by atoms with van der Waals surface area (Å²) in [5.74, 6) is 1.50. The molecule has 4 nitrogen and oxygen atoms in total. The highest BCUT2D eigenvalue weighted by molar-refractivity contribution is 7.80. The molecule has 0 bridgehead atoms. The van der Waals surface area contributed by atoms with Gasteiger partial charge in [-0.2, -0.15) is 0 Å². The molecule has 2 rings (SSSR count). The number of nitrogens with zero attached hydrogens (tertiary/aromatic N) is 1. The first-order chi connectivity index (χ1) is 8.65. The van der Waals surface area contributed by atoms with Gasteiger partial charge in [-0.1, -0.05) is 19.3 Å². The molecule has 0 saturated heterocycles. The van der Waals surface area contributed by atoms with Crippen LogP contribution in [-0.2, 0) is 0 Å². The van der Waals surface area contributed by atoms with Gasteiger partial charge in [0.25, 0.3) is 0 Å². The van der Waals surface area contributed by atoms with Gasteiger partial charge in [-0.05, 0) is 38.9 Å². The molecule has 1 fully saturated rings. The minimum Gasteiger partial charge on any atom is -0.444 e. The van der Waals surface area contributed by atoms with Crippen molar-refractivity contribution < 1.29 is 4.42 Å². The number of hydrogen-bond donors (Lipinski definition) is 2. The average Bonchev–Trinajstić information content (AvgIpc) is 2.77. The van der Waals surface area contributed by atoms with Crippen LogP contribution in [0.5, 0.6) is 0 Å². The highest BCUT2D eigenvalue weighted by atomic mass is 32.1.